The highest BCUT2D eigenvalue weighted by Crippen LogP contribution is 2.41. The number of ether oxygens (including phenoxy) is 1. The van der Waals surface area contributed by atoms with E-state index in [1.165, 1.54) is 6.92 Å². The van der Waals surface area contributed by atoms with E-state index in [2.05, 4.69) is 0 Å². The number of carbonyl (C=O) groups is 1. The molecule has 5 nitrogen and oxygen atoms in total. The van der Waals surface area contributed by atoms with Crippen LogP contribution in [0.2, 0.25) is 0 Å². The fraction of sp³-hybridized carbons (Fsp3) is 0.900. The van der Waals surface area contributed by atoms with Crippen LogP contribution in [0.15, 0.2) is 0 Å². The second-order valence-corrected chi connectivity index (χ2v) is 4.60. The van der Waals surface area contributed by atoms with Crippen molar-refractivity contribution in [2.75, 3.05) is 7.05 Å². The van der Waals surface area contributed by atoms with Gasteiger partial charge in [-0.25, -0.2) is 0 Å². The molecule has 2 aliphatic rings. The molecule has 0 spiro atoms. The lowest BCUT2D eigenvalue weighted by Crippen LogP contribution is -2.50. The van der Waals surface area contributed by atoms with Crippen LogP contribution in [0.1, 0.15) is 26.2 Å². The summed E-state index contributed by atoms with van der Waals surface area (Å²) in [7, 11) is 1.89. The number of aliphatic hydroxyl groups excluding tert-OH is 1. The summed E-state index contributed by atoms with van der Waals surface area (Å²) in [6.45, 7) is 1.29. The first-order valence-corrected chi connectivity index (χ1v) is 5.24. The molecular weight excluding hydrogens is 198 g/mol. The van der Waals surface area contributed by atoms with Gasteiger partial charge in [-0.05, 0) is 19.9 Å². The number of esters is 1. The summed E-state index contributed by atoms with van der Waals surface area (Å²) in [4.78, 5) is 12.9. The van der Waals surface area contributed by atoms with Crippen molar-refractivity contribution in [2.45, 2.75) is 50.2 Å². The van der Waals surface area contributed by atoms with Crippen molar-refractivity contribution in [2.24, 2.45) is 0 Å². The van der Waals surface area contributed by atoms with Crippen molar-refractivity contribution in [1.29, 1.82) is 0 Å². The Kier molecular flexibility index (Phi) is 2.48. The second kappa shape index (κ2) is 3.43. The fourth-order valence-electron chi connectivity index (χ4n) is 2.82. The summed E-state index contributed by atoms with van der Waals surface area (Å²) in [6.07, 6.45) is 1.08. The number of fused-ring (bicyclic) bond motifs is 2. The van der Waals surface area contributed by atoms with E-state index >= 15 is 0 Å². The average Bonchev–Trinajstić information content (AvgIpc) is 2.26. The zero-order valence-electron chi connectivity index (χ0n) is 9.01. The van der Waals surface area contributed by atoms with Crippen LogP contribution in [0.4, 0.5) is 0 Å². The summed E-state index contributed by atoms with van der Waals surface area (Å²) in [5.74, 6) is -1.89. The van der Waals surface area contributed by atoms with Gasteiger partial charge in [-0.1, -0.05) is 0 Å². The molecule has 2 N–H and O–H groups in total. The summed E-state index contributed by atoms with van der Waals surface area (Å²) in [6, 6.07) is -0.182. The van der Waals surface area contributed by atoms with Crippen molar-refractivity contribution in [3.63, 3.8) is 0 Å². The number of hydrogen-bond acceptors (Lipinski definition) is 5. The minimum atomic E-state index is -1.41. The molecule has 0 aliphatic carbocycles. The third-order valence-corrected chi connectivity index (χ3v) is 3.48. The number of aliphatic hydroxyl groups is 2. The van der Waals surface area contributed by atoms with Crippen molar-refractivity contribution in [3.8, 4) is 0 Å². The van der Waals surface area contributed by atoms with E-state index in [0.717, 1.165) is 0 Å². The van der Waals surface area contributed by atoms with E-state index in [0.29, 0.717) is 19.3 Å². The van der Waals surface area contributed by atoms with Gasteiger partial charge in [0.05, 0.1) is 12.1 Å². The summed E-state index contributed by atoms with van der Waals surface area (Å²) >= 11 is 0. The van der Waals surface area contributed by atoms with Gasteiger partial charge in [0.15, 0.2) is 0 Å². The van der Waals surface area contributed by atoms with E-state index in [9.17, 15) is 15.0 Å². The van der Waals surface area contributed by atoms with E-state index in [-0.39, 0.29) is 12.1 Å². The third kappa shape index (κ3) is 1.75. The fourth-order valence-corrected chi connectivity index (χ4v) is 2.82. The van der Waals surface area contributed by atoms with Crippen LogP contribution >= 0.6 is 0 Å². The number of rotatable bonds is 1. The molecule has 2 fully saturated rings. The van der Waals surface area contributed by atoms with E-state index in [1.54, 1.807) is 0 Å². The Bertz CT molecular complexity index is 283. The molecule has 2 bridgehead atoms. The highest BCUT2D eigenvalue weighted by Gasteiger charge is 2.55. The molecule has 0 unspecified atom stereocenters. The predicted octanol–water partition coefficient (Wildman–Crippen LogP) is -0.535. The Morgan fingerprint density at radius 1 is 1.53 bits per heavy atom. The predicted molar refractivity (Wildman–Crippen MR) is 51.9 cm³/mol. The van der Waals surface area contributed by atoms with Crippen molar-refractivity contribution >= 4 is 5.97 Å². The first-order chi connectivity index (χ1) is 6.92. The van der Waals surface area contributed by atoms with Gasteiger partial charge in [-0.15, -0.1) is 0 Å². The quantitative estimate of drug-likeness (QED) is 0.454. The third-order valence-electron chi connectivity index (χ3n) is 3.48. The molecule has 2 saturated heterocycles. The standard InChI is InChI=1S/C10H17NO4/c1-6(12)15-10(14)5-7-3-8(13)4-9(10)11(7)2/h7-9,13-14H,3-5H2,1-2H3/t7-,8+,9+,10+/m0/s1. The molecule has 0 aromatic carbocycles. The largest absolute Gasteiger partial charge is 0.432 e. The van der Waals surface area contributed by atoms with Gasteiger partial charge < -0.3 is 14.9 Å². The van der Waals surface area contributed by atoms with Crippen LogP contribution in [0.5, 0.6) is 0 Å². The SMILES string of the molecule is CC(=O)O[C@]1(O)C[C@@H]2C[C@@H](O)C[C@H]1N2C. The Morgan fingerprint density at radius 2 is 2.20 bits per heavy atom. The lowest BCUT2D eigenvalue weighted by atomic mass is 10.00. The maximum absolute atomic E-state index is 10.9. The van der Waals surface area contributed by atoms with Crippen LogP contribution in [-0.2, 0) is 9.53 Å². The van der Waals surface area contributed by atoms with Gasteiger partial charge in [-0.2, -0.15) is 0 Å². The molecule has 5 heteroatoms. The van der Waals surface area contributed by atoms with Crippen LogP contribution in [0.25, 0.3) is 0 Å². The van der Waals surface area contributed by atoms with Crippen LogP contribution in [-0.4, -0.2) is 52.1 Å². The molecule has 0 saturated carbocycles. The van der Waals surface area contributed by atoms with Crippen LogP contribution in [0.3, 0.4) is 0 Å². The molecule has 0 amide bonds. The first kappa shape index (κ1) is 10.9. The molecule has 0 radical (unpaired) electrons. The summed E-state index contributed by atoms with van der Waals surface area (Å²) < 4.78 is 5.00. The highest BCUT2D eigenvalue weighted by atomic mass is 16.7. The number of carbonyl (C=O) groups excluding carboxylic acids is 1. The monoisotopic (exact) mass is 215 g/mol. The molecule has 15 heavy (non-hydrogen) atoms. The summed E-state index contributed by atoms with van der Waals surface area (Å²) in [5, 5.41) is 19.8. The average molecular weight is 215 g/mol. The molecular formula is C10H17NO4. The van der Waals surface area contributed by atoms with Gasteiger partial charge >= 0.3 is 5.97 Å². The normalized spacial score (nSPS) is 45.5. The zero-order valence-corrected chi connectivity index (χ0v) is 9.01. The molecule has 4 atom stereocenters. The second-order valence-electron chi connectivity index (χ2n) is 4.60. The maximum Gasteiger partial charge on any atom is 0.305 e. The highest BCUT2D eigenvalue weighted by molar-refractivity contribution is 5.66. The Balaban J connectivity index is 2.19. The van der Waals surface area contributed by atoms with Crippen LogP contribution < -0.4 is 0 Å². The van der Waals surface area contributed by atoms with Crippen molar-refractivity contribution in [1.82, 2.24) is 4.90 Å². The summed E-state index contributed by atoms with van der Waals surface area (Å²) in [5.41, 5.74) is 0. The lowest BCUT2D eigenvalue weighted by Gasteiger charge is -2.36. The minimum Gasteiger partial charge on any atom is -0.432 e. The van der Waals surface area contributed by atoms with E-state index < -0.39 is 17.9 Å². The number of nitrogens with zero attached hydrogens (tertiary/aromatic N) is 1. The number of piperidine rings is 1. The maximum atomic E-state index is 10.9. The van der Waals surface area contributed by atoms with Crippen LogP contribution in [0, 0.1) is 0 Å². The minimum absolute atomic E-state index is 0.100. The Morgan fingerprint density at radius 3 is 2.80 bits per heavy atom. The Hall–Kier alpha value is -0.650. The molecule has 2 heterocycles. The van der Waals surface area contributed by atoms with Gasteiger partial charge in [0.1, 0.15) is 0 Å². The molecule has 2 rings (SSSR count). The molecule has 86 valence electrons. The number of hydrogen-bond donors (Lipinski definition) is 2. The van der Waals surface area contributed by atoms with Gasteiger partial charge in [0.25, 0.3) is 0 Å². The Labute approximate surface area is 88.6 Å². The van der Waals surface area contributed by atoms with E-state index in [4.69, 9.17) is 4.74 Å². The topological polar surface area (TPSA) is 70.0 Å². The van der Waals surface area contributed by atoms with Crippen molar-refractivity contribution < 1.29 is 19.7 Å². The van der Waals surface area contributed by atoms with Gasteiger partial charge in [-0.3, -0.25) is 9.69 Å². The molecule has 0 aromatic heterocycles. The van der Waals surface area contributed by atoms with Crippen molar-refractivity contribution in [3.05, 3.63) is 0 Å². The van der Waals surface area contributed by atoms with Gasteiger partial charge in [0.2, 0.25) is 5.79 Å². The zero-order chi connectivity index (χ0) is 11.2. The number of likely N-dealkylation sites (N-methyl/N-ethyl adjacent to an activating group) is 1. The van der Waals surface area contributed by atoms with E-state index in [1.807, 2.05) is 11.9 Å². The lowest BCUT2D eigenvalue weighted by molar-refractivity contribution is -0.217. The smallest absolute Gasteiger partial charge is 0.305 e. The molecule has 2 aliphatic heterocycles. The van der Waals surface area contributed by atoms with Gasteiger partial charge in [0, 0.05) is 19.4 Å². The first-order valence-electron chi connectivity index (χ1n) is 5.24. The molecule has 0 aromatic rings.